The first-order valence-corrected chi connectivity index (χ1v) is 17.3. The quantitative estimate of drug-likeness (QED) is 0.204. The van der Waals surface area contributed by atoms with Gasteiger partial charge < -0.3 is 10.8 Å². The van der Waals surface area contributed by atoms with Gasteiger partial charge in [-0.05, 0) is 139 Å². The average Bonchev–Trinajstić information content (AvgIpc) is 3.38. The summed E-state index contributed by atoms with van der Waals surface area (Å²) in [7, 11) is 0. The molecule has 0 saturated heterocycles. The third-order valence-corrected chi connectivity index (χ3v) is 14.4. The van der Waals surface area contributed by atoms with Crippen LogP contribution in [0.2, 0.25) is 0 Å². The summed E-state index contributed by atoms with van der Waals surface area (Å²) < 4.78 is 2.16. The number of pyridine rings is 1. The summed E-state index contributed by atoms with van der Waals surface area (Å²) in [4.78, 5) is 15.9. The van der Waals surface area contributed by atoms with E-state index in [1.54, 1.807) is 0 Å². The van der Waals surface area contributed by atoms with Gasteiger partial charge in [-0.3, -0.25) is 4.40 Å². The maximum atomic E-state index is 11.8. The molecule has 6 heteroatoms. The van der Waals surface area contributed by atoms with Crippen molar-refractivity contribution >= 4 is 22.2 Å². The van der Waals surface area contributed by atoms with Crippen molar-refractivity contribution < 1.29 is 5.11 Å². The zero-order chi connectivity index (χ0) is 36.0. The van der Waals surface area contributed by atoms with E-state index in [0.29, 0.717) is 5.82 Å². The Morgan fingerprint density at radius 2 is 1.02 bits per heavy atom. The number of nitrogens with two attached hydrogens (primary N) is 1. The summed E-state index contributed by atoms with van der Waals surface area (Å²) in [6.07, 6.45) is 2.05. The number of hydrogen-bond donors (Lipinski definition) is 2. The first-order valence-electron chi connectivity index (χ1n) is 17.3. The van der Waals surface area contributed by atoms with E-state index in [4.69, 9.17) is 20.7 Å². The second-order valence-corrected chi connectivity index (χ2v) is 16.4. The van der Waals surface area contributed by atoms with Crippen molar-refractivity contribution in [2.45, 2.75) is 129 Å². The molecule has 254 valence electrons. The molecule has 0 amide bonds. The van der Waals surface area contributed by atoms with Gasteiger partial charge in [0.2, 0.25) is 0 Å². The summed E-state index contributed by atoms with van der Waals surface area (Å²) >= 11 is 0. The number of rotatable bonds is 3. The number of benzene rings is 2. The van der Waals surface area contributed by atoms with Crippen LogP contribution in [-0.4, -0.2) is 30.1 Å². The van der Waals surface area contributed by atoms with Crippen LogP contribution in [0.4, 0.5) is 5.82 Å². The fraction of sp³-hybridized carbons (Fsp3) is 0.500. The third kappa shape index (κ3) is 3.76. The van der Waals surface area contributed by atoms with Crippen molar-refractivity contribution in [2.24, 2.45) is 10.8 Å². The Labute approximate surface area is 287 Å². The highest BCUT2D eigenvalue weighted by Crippen LogP contribution is 2.73. The zero-order valence-electron chi connectivity index (χ0n) is 32.4. The number of imidazole rings is 1. The van der Waals surface area contributed by atoms with Crippen molar-refractivity contribution in [3.63, 3.8) is 0 Å². The van der Waals surface area contributed by atoms with Gasteiger partial charge in [0.1, 0.15) is 22.9 Å². The first-order chi connectivity index (χ1) is 22.0. The van der Waals surface area contributed by atoms with Crippen LogP contribution >= 0.6 is 0 Å². The van der Waals surface area contributed by atoms with Crippen LogP contribution in [0, 0.1) is 87.0 Å². The smallest absolute Gasteiger partial charge is 0.150 e. The number of aliphatic hydroxyl groups is 1. The van der Waals surface area contributed by atoms with Gasteiger partial charge in [-0.1, -0.05) is 34.6 Å². The lowest BCUT2D eigenvalue weighted by Crippen LogP contribution is -2.80. The molecule has 3 N–H and O–H groups in total. The van der Waals surface area contributed by atoms with Crippen molar-refractivity contribution in [1.82, 2.24) is 19.4 Å². The Hall–Kier alpha value is -3.77. The molecule has 0 radical (unpaired) electrons. The summed E-state index contributed by atoms with van der Waals surface area (Å²) in [6.45, 7) is 37.0. The SMILES string of the molecule is Cc1cn2c(c(N)n1)c(-c1c(C)c(C)c3c(C)c(C)c(-c4c(C)c(C)c(C)c(C)c4C)nc3c1C)nc2[C@]1(C)C(C)(C)[C@](C)(O)C1(C)C. The standard InChI is InChI=1S/C42H55N5O/c1-19-18-47-36(37(43)44-19)35(46-38(47)41(16)39(12,13)42(17,48)40(41,14)15)32-26(8)25(7)31-27(9)28(10)33(45-34(31)29(32)11)30-23(5)21(3)20(2)22(4)24(30)6/h18,48H,1-17H3,(H2,43,44)/t41-,42+. The van der Waals surface area contributed by atoms with E-state index in [2.05, 4.69) is 114 Å². The maximum absolute atomic E-state index is 11.8. The van der Waals surface area contributed by atoms with Gasteiger partial charge in [-0.15, -0.1) is 0 Å². The molecule has 0 unspecified atom stereocenters. The number of anilines is 1. The molecular formula is C42H55N5O. The zero-order valence-corrected chi connectivity index (χ0v) is 32.4. The minimum absolute atomic E-state index is 0.455. The first kappa shape index (κ1) is 34.1. The lowest BCUT2D eigenvalue weighted by atomic mass is 9.31. The highest BCUT2D eigenvalue weighted by molar-refractivity contribution is 6.00. The predicted octanol–water partition coefficient (Wildman–Crippen LogP) is 9.66. The van der Waals surface area contributed by atoms with Crippen molar-refractivity contribution in [2.75, 3.05) is 5.73 Å². The predicted molar refractivity (Wildman–Crippen MR) is 201 cm³/mol. The second-order valence-electron chi connectivity index (χ2n) is 16.4. The van der Waals surface area contributed by atoms with E-state index >= 15 is 0 Å². The molecule has 1 fully saturated rings. The Morgan fingerprint density at radius 1 is 0.562 bits per heavy atom. The molecule has 0 aliphatic heterocycles. The normalized spacial score (nSPS) is 21.7. The van der Waals surface area contributed by atoms with Crippen molar-refractivity contribution in [3.05, 3.63) is 73.3 Å². The van der Waals surface area contributed by atoms with Crippen LogP contribution < -0.4 is 5.73 Å². The molecule has 3 heterocycles. The Morgan fingerprint density at radius 3 is 1.56 bits per heavy atom. The minimum atomic E-state index is -0.904. The molecule has 2 aromatic carbocycles. The summed E-state index contributed by atoms with van der Waals surface area (Å²) in [5.41, 5.74) is 23.9. The van der Waals surface area contributed by atoms with Gasteiger partial charge in [0, 0.05) is 39.0 Å². The maximum Gasteiger partial charge on any atom is 0.150 e. The van der Waals surface area contributed by atoms with E-state index in [-0.39, 0.29) is 0 Å². The van der Waals surface area contributed by atoms with Crippen LogP contribution in [0.25, 0.3) is 38.9 Å². The molecule has 6 nitrogen and oxygen atoms in total. The van der Waals surface area contributed by atoms with Crippen LogP contribution in [0.15, 0.2) is 6.20 Å². The molecule has 0 spiro atoms. The minimum Gasteiger partial charge on any atom is -0.389 e. The average molecular weight is 646 g/mol. The van der Waals surface area contributed by atoms with Gasteiger partial charge in [0.05, 0.1) is 22.5 Å². The fourth-order valence-corrected chi connectivity index (χ4v) is 9.57. The largest absolute Gasteiger partial charge is 0.389 e. The van der Waals surface area contributed by atoms with Crippen LogP contribution in [-0.2, 0) is 5.41 Å². The number of nitrogens with zero attached hydrogens (tertiary/aromatic N) is 4. The molecule has 6 rings (SSSR count). The highest BCUT2D eigenvalue weighted by Gasteiger charge is 2.77. The monoisotopic (exact) mass is 645 g/mol. The number of hydrogen-bond acceptors (Lipinski definition) is 5. The molecule has 1 aliphatic carbocycles. The van der Waals surface area contributed by atoms with Gasteiger partial charge in [0.25, 0.3) is 0 Å². The Bertz CT molecular complexity index is 2200. The lowest BCUT2D eigenvalue weighted by Gasteiger charge is -2.74. The van der Waals surface area contributed by atoms with Gasteiger partial charge in [0.15, 0.2) is 0 Å². The molecule has 0 atom stereocenters. The van der Waals surface area contributed by atoms with E-state index in [0.717, 1.165) is 45.1 Å². The number of aromatic nitrogens is 4. The molecule has 0 bridgehead atoms. The molecular weight excluding hydrogens is 590 g/mol. The topological polar surface area (TPSA) is 89.3 Å². The molecule has 5 aromatic rings. The molecule has 1 saturated carbocycles. The Kier molecular flexibility index (Phi) is 7.20. The summed E-state index contributed by atoms with van der Waals surface area (Å²) in [6, 6.07) is 0. The lowest BCUT2D eigenvalue weighted by molar-refractivity contribution is -0.301. The van der Waals surface area contributed by atoms with E-state index in [9.17, 15) is 5.11 Å². The third-order valence-electron chi connectivity index (χ3n) is 14.4. The van der Waals surface area contributed by atoms with Crippen LogP contribution in [0.3, 0.4) is 0 Å². The second kappa shape index (κ2) is 10.1. The summed E-state index contributed by atoms with van der Waals surface area (Å²) in [5, 5.41) is 13.0. The van der Waals surface area contributed by atoms with E-state index < -0.39 is 21.8 Å². The van der Waals surface area contributed by atoms with Gasteiger partial charge in [-0.2, -0.15) is 0 Å². The van der Waals surface area contributed by atoms with Crippen LogP contribution in [0.5, 0.6) is 0 Å². The highest BCUT2D eigenvalue weighted by atomic mass is 16.3. The molecule has 48 heavy (non-hydrogen) atoms. The molecule has 3 aromatic heterocycles. The Balaban J connectivity index is 1.75. The number of nitrogen functional groups attached to an aromatic ring is 1. The van der Waals surface area contributed by atoms with Crippen molar-refractivity contribution in [3.8, 4) is 22.5 Å². The number of fused-ring (bicyclic) bond motifs is 2. The molecule has 1 aliphatic rings. The van der Waals surface area contributed by atoms with Crippen LogP contribution in [0.1, 0.15) is 109 Å². The number of aryl methyl sites for hydroxylation is 4. The van der Waals surface area contributed by atoms with Gasteiger partial charge >= 0.3 is 0 Å². The van der Waals surface area contributed by atoms with E-state index in [1.807, 2.05) is 13.8 Å². The van der Waals surface area contributed by atoms with Gasteiger partial charge in [-0.25, -0.2) is 15.0 Å². The fourth-order valence-electron chi connectivity index (χ4n) is 9.57. The summed E-state index contributed by atoms with van der Waals surface area (Å²) in [5.74, 6) is 1.35. The van der Waals surface area contributed by atoms with Crippen molar-refractivity contribution in [1.29, 1.82) is 0 Å². The van der Waals surface area contributed by atoms with E-state index in [1.165, 1.54) is 61.0 Å².